The van der Waals surface area contributed by atoms with Crippen molar-refractivity contribution in [2.45, 2.75) is 102 Å². The number of fused-ring (bicyclic) bond motifs is 3. The van der Waals surface area contributed by atoms with Crippen LogP contribution in [0.25, 0.3) is 11.1 Å². The third kappa shape index (κ3) is 12.3. The Labute approximate surface area is 409 Å². The second-order valence-corrected chi connectivity index (χ2v) is 19.5. The SMILES string of the molecule is COc1ccc(C(OC[C@H]2C[C@H](OP(OCCC#N)N(C(C)C)C(C)C)CN2C(=O)CCCCCNC(=O)OCC2c3ccccc3-c3ccccc32)(c2ccccc2)c2ccc(OC)cc2)cc1. The highest BCUT2D eigenvalue weighted by Gasteiger charge is 2.43. The Morgan fingerprint density at radius 1 is 0.754 bits per heavy atom. The van der Waals surface area contributed by atoms with Crippen molar-refractivity contribution in [1.29, 1.82) is 5.26 Å². The number of nitriles is 1. The molecule has 2 aliphatic rings. The van der Waals surface area contributed by atoms with Crippen LogP contribution >= 0.6 is 8.53 Å². The number of benzene rings is 5. The summed E-state index contributed by atoms with van der Waals surface area (Å²) in [6.07, 6.45) is 2.39. The Morgan fingerprint density at radius 3 is 1.88 bits per heavy atom. The molecule has 0 bridgehead atoms. The Bertz CT molecular complexity index is 2360. The number of alkyl carbamates (subject to hydrolysis) is 1. The third-order valence-electron chi connectivity index (χ3n) is 12.9. The number of rotatable bonds is 24. The largest absolute Gasteiger partial charge is 0.497 e. The summed E-state index contributed by atoms with van der Waals surface area (Å²) in [7, 11) is 1.75. The highest BCUT2D eigenvalue weighted by molar-refractivity contribution is 7.44. The monoisotopic (exact) mass is 954 g/mol. The molecular formula is C56H67N4O8P. The number of carbonyl (C=O) groups is 2. The van der Waals surface area contributed by atoms with Crippen LogP contribution < -0.4 is 14.8 Å². The molecule has 69 heavy (non-hydrogen) atoms. The fourth-order valence-electron chi connectivity index (χ4n) is 9.69. The standard InChI is InChI=1S/C56H67N4O8P/c1-40(2)60(41(3)4)69(67-35-17-33-57)68-48-36-45(38-66-56(42-18-9-7-10-19-42,43-25-29-46(63-5)30-26-43)44-27-31-47(64-6)32-28-44)59(37-48)54(61)24-11-8-16-34-58-55(62)65-39-53-51-22-14-12-20-49(51)50-21-13-15-23-52(50)53/h7,9-10,12-15,18-23,25-32,40-41,45,48,53H,8,11,16-17,24,34-39H2,1-6H3,(H,58,62)/t45-,48+,69?/m1/s1. The minimum absolute atomic E-state index is 0.00830. The zero-order chi connectivity index (χ0) is 48.8. The predicted molar refractivity (Wildman–Crippen MR) is 270 cm³/mol. The molecule has 1 aliphatic carbocycles. The second kappa shape index (κ2) is 24.7. The summed E-state index contributed by atoms with van der Waals surface area (Å²) in [4.78, 5) is 29.3. The van der Waals surface area contributed by atoms with Crippen LogP contribution in [0, 0.1) is 11.3 Å². The minimum Gasteiger partial charge on any atom is -0.497 e. The van der Waals surface area contributed by atoms with Crippen molar-refractivity contribution in [2.24, 2.45) is 0 Å². The van der Waals surface area contributed by atoms with E-state index in [0.29, 0.717) is 38.8 Å². The van der Waals surface area contributed by atoms with Gasteiger partial charge >= 0.3 is 6.09 Å². The van der Waals surface area contributed by atoms with Crippen LogP contribution in [0.5, 0.6) is 11.5 Å². The first-order chi connectivity index (χ1) is 33.6. The first kappa shape index (κ1) is 51.1. The van der Waals surface area contributed by atoms with Gasteiger partial charge in [-0.05, 0) is 110 Å². The summed E-state index contributed by atoms with van der Waals surface area (Å²) in [6, 6.07) is 44.7. The smallest absolute Gasteiger partial charge is 0.407 e. The van der Waals surface area contributed by atoms with Crippen molar-refractivity contribution in [2.75, 3.05) is 47.1 Å². The molecule has 1 aliphatic heterocycles. The fraction of sp³-hybridized carbons (Fsp3) is 0.411. The van der Waals surface area contributed by atoms with E-state index < -0.39 is 20.2 Å². The van der Waals surface area contributed by atoms with E-state index in [2.05, 4.69) is 80.1 Å². The summed E-state index contributed by atoms with van der Waals surface area (Å²) in [5.41, 5.74) is 6.35. The molecule has 0 saturated carbocycles. The molecule has 5 aromatic carbocycles. The lowest BCUT2D eigenvalue weighted by Crippen LogP contribution is -2.42. The van der Waals surface area contributed by atoms with Gasteiger partial charge in [0.1, 0.15) is 23.7 Å². The van der Waals surface area contributed by atoms with Crippen molar-refractivity contribution >= 4 is 20.5 Å². The van der Waals surface area contributed by atoms with Gasteiger partial charge in [-0.25, -0.2) is 9.46 Å². The van der Waals surface area contributed by atoms with Gasteiger partial charge in [-0.1, -0.05) is 110 Å². The molecule has 3 atom stereocenters. The minimum atomic E-state index is -1.55. The fourth-order valence-corrected chi connectivity index (χ4v) is 11.4. The molecule has 5 aromatic rings. The van der Waals surface area contributed by atoms with Crippen molar-refractivity contribution in [3.63, 3.8) is 0 Å². The number of likely N-dealkylation sites (tertiary alicyclic amines) is 1. The van der Waals surface area contributed by atoms with Gasteiger partial charge in [0.05, 0.1) is 52.1 Å². The van der Waals surface area contributed by atoms with Crippen LogP contribution in [-0.4, -0.2) is 92.9 Å². The first-order valence-electron chi connectivity index (χ1n) is 24.2. The molecule has 13 heteroatoms. The lowest BCUT2D eigenvalue weighted by Gasteiger charge is -2.38. The van der Waals surface area contributed by atoms with Crippen LogP contribution in [0.3, 0.4) is 0 Å². The zero-order valence-electron chi connectivity index (χ0n) is 40.8. The molecule has 7 rings (SSSR count). The van der Waals surface area contributed by atoms with E-state index in [1.807, 2.05) is 95.9 Å². The molecule has 1 unspecified atom stereocenters. The van der Waals surface area contributed by atoms with Gasteiger partial charge in [0.25, 0.3) is 8.53 Å². The van der Waals surface area contributed by atoms with E-state index in [1.54, 1.807) is 14.2 Å². The van der Waals surface area contributed by atoms with E-state index >= 15 is 0 Å². The molecule has 364 valence electrons. The number of nitrogens with zero attached hydrogens (tertiary/aromatic N) is 3. The highest BCUT2D eigenvalue weighted by atomic mass is 31.2. The first-order valence-corrected chi connectivity index (χ1v) is 25.3. The van der Waals surface area contributed by atoms with E-state index in [1.165, 1.54) is 22.3 Å². The number of methoxy groups -OCH3 is 2. The summed E-state index contributed by atoms with van der Waals surface area (Å²) in [5, 5.41) is 12.3. The van der Waals surface area contributed by atoms with Gasteiger partial charge in [0.2, 0.25) is 5.91 Å². The number of nitrogens with one attached hydrogen (secondary N) is 1. The predicted octanol–water partition coefficient (Wildman–Crippen LogP) is 11.4. The van der Waals surface area contributed by atoms with Gasteiger partial charge in [-0.3, -0.25) is 4.79 Å². The number of carbonyl (C=O) groups excluding carboxylic acids is 2. The van der Waals surface area contributed by atoms with Crippen molar-refractivity contribution in [1.82, 2.24) is 14.9 Å². The molecule has 1 saturated heterocycles. The van der Waals surface area contributed by atoms with E-state index in [-0.39, 0.29) is 62.3 Å². The molecule has 1 heterocycles. The van der Waals surface area contributed by atoms with E-state index in [0.717, 1.165) is 34.6 Å². The molecular weight excluding hydrogens is 888 g/mol. The molecule has 0 aromatic heterocycles. The van der Waals surface area contributed by atoms with Crippen LogP contribution in [0.4, 0.5) is 4.79 Å². The van der Waals surface area contributed by atoms with Crippen LogP contribution in [0.15, 0.2) is 127 Å². The normalized spacial score (nSPS) is 16.0. The van der Waals surface area contributed by atoms with Gasteiger partial charge in [0.15, 0.2) is 0 Å². The van der Waals surface area contributed by atoms with E-state index in [4.69, 9.17) is 28.0 Å². The topological polar surface area (TPSA) is 132 Å². The number of unbranched alkanes of at least 4 members (excludes halogenated alkanes) is 2. The maximum atomic E-state index is 14.5. The van der Waals surface area contributed by atoms with Gasteiger partial charge < -0.3 is 38.2 Å². The molecule has 1 fully saturated rings. The van der Waals surface area contributed by atoms with Crippen molar-refractivity contribution in [3.05, 3.63) is 155 Å². The van der Waals surface area contributed by atoms with Crippen LogP contribution in [0.1, 0.15) is 100.0 Å². The second-order valence-electron chi connectivity index (χ2n) is 18.1. The van der Waals surface area contributed by atoms with Gasteiger partial charge in [0, 0.05) is 37.5 Å². The average molecular weight is 955 g/mol. The highest BCUT2D eigenvalue weighted by Crippen LogP contribution is 2.49. The zero-order valence-corrected chi connectivity index (χ0v) is 41.7. The lowest BCUT2D eigenvalue weighted by atomic mass is 9.80. The Morgan fingerprint density at radius 2 is 1.32 bits per heavy atom. The van der Waals surface area contributed by atoms with Crippen molar-refractivity contribution in [3.8, 4) is 28.7 Å². The Kier molecular flexibility index (Phi) is 18.2. The molecule has 0 spiro atoms. The Hall–Kier alpha value is -5.80. The average Bonchev–Trinajstić information content (AvgIpc) is 3.93. The summed E-state index contributed by atoms with van der Waals surface area (Å²) >= 11 is 0. The molecule has 1 N–H and O–H groups in total. The molecule has 0 radical (unpaired) electrons. The molecule has 2 amide bonds. The van der Waals surface area contributed by atoms with Crippen LogP contribution in [-0.2, 0) is 28.9 Å². The van der Waals surface area contributed by atoms with Gasteiger partial charge in [-0.15, -0.1) is 0 Å². The van der Waals surface area contributed by atoms with E-state index in [9.17, 15) is 14.9 Å². The van der Waals surface area contributed by atoms with Crippen LogP contribution in [0.2, 0.25) is 0 Å². The Balaban J connectivity index is 1.05. The number of hydrogen-bond donors (Lipinski definition) is 1. The summed E-state index contributed by atoms with van der Waals surface area (Å²) < 4.78 is 39.7. The maximum Gasteiger partial charge on any atom is 0.407 e. The van der Waals surface area contributed by atoms with Crippen molar-refractivity contribution < 1.29 is 37.6 Å². The quantitative estimate of drug-likeness (QED) is 0.0362. The lowest BCUT2D eigenvalue weighted by molar-refractivity contribution is -0.134. The number of amides is 2. The summed E-state index contributed by atoms with van der Waals surface area (Å²) in [6.45, 7) is 9.97. The molecule has 12 nitrogen and oxygen atoms in total. The number of hydrogen-bond acceptors (Lipinski definition) is 10. The van der Waals surface area contributed by atoms with Gasteiger partial charge in [-0.2, -0.15) is 5.26 Å². The third-order valence-corrected chi connectivity index (χ3v) is 15.1. The maximum absolute atomic E-state index is 14.5. The number of ether oxygens (including phenoxy) is 4. The summed E-state index contributed by atoms with van der Waals surface area (Å²) in [5.74, 6) is 1.45.